The number of alkyl halides is 2. The van der Waals surface area contributed by atoms with Gasteiger partial charge in [0.25, 0.3) is 0 Å². The van der Waals surface area contributed by atoms with Crippen molar-refractivity contribution in [3.8, 4) is 0 Å². The Balaban J connectivity index is 1.52. The van der Waals surface area contributed by atoms with Crippen molar-refractivity contribution in [2.75, 3.05) is 48.8 Å². The van der Waals surface area contributed by atoms with Crippen LogP contribution in [-0.4, -0.2) is 54.0 Å². The molecule has 188 valence electrons. The Bertz CT molecular complexity index is 1240. The number of piperazine rings is 1. The molecule has 0 radical (unpaired) electrons. The van der Waals surface area contributed by atoms with Crippen LogP contribution in [0.4, 0.5) is 36.2 Å². The van der Waals surface area contributed by atoms with E-state index in [0.717, 1.165) is 50.2 Å². The largest absolute Gasteiger partial charge is 0.369 e. The summed E-state index contributed by atoms with van der Waals surface area (Å²) in [6.45, 7) is 5.46. The number of rotatable bonds is 7. The van der Waals surface area contributed by atoms with Crippen LogP contribution in [0.3, 0.4) is 0 Å². The van der Waals surface area contributed by atoms with Gasteiger partial charge in [-0.05, 0) is 56.4 Å². The number of nitrogens with one attached hydrogen (secondary N) is 2. The molecule has 0 aliphatic carbocycles. The van der Waals surface area contributed by atoms with Crippen LogP contribution >= 0.6 is 0 Å². The van der Waals surface area contributed by atoms with E-state index in [1.54, 1.807) is 19.1 Å². The van der Waals surface area contributed by atoms with E-state index in [2.05, 4.69) is 37.4 Å². The van der Waals surface area contributed by atoms with E-state index in [0.29, 0.717) is 5.69 Å². The zero-order valence-electron chi connectivity index (χ0n) is 20.0. The van der Waals surface area contributed by atoms with E-state index in [9.17, 15) is 9.18 Å². The van der Waals surface area contributed by atoms with Gasteiger partial charge in [0.05, 0.1) is 6.20 Å². The van der Waals surface area contributed by atoms with E-state index < -0.39 is 28.9 Å². The Hall–Kier alpha value is -3.92. The van der Waals surface area contributed by atoms with Gasteiger partial charge in [-0.3, -0.25) is 4.79 Å². The number of anilines is 4. The van der Waals surface area contributed by atoms with E-state index in [1.165, 1.54) is 24.3 Å². The SMILES string of the molecule is CC=CC(=O)Nc1cccc(C(F)(F)c2nc(Nc3ccc(N4CCN(C)CC4)cc3)ncc2F)c1. The van der Waals surface area contributed by atoms with Gasteiger partial charge < -0.3 is 20.4 Å². The normalized spacial score (nSPS) is 14.8. The maximum absolute atomic E-state index is 15.3. The molecule has 10 heteroatoms. The highest BCUT2D eigenvalue weighted by atomic mass is 19.3. The molecule has 7 nitrogen and oxygen atoms in total. The summed E-state index contributed by atoms with van der Waals surface area (Å²) in [6, 6.07) is 12.5. The number of carbonyl (C=O) groups is 1. The predicted molar refractivity (Wildman–Crippen MR) is 134 cm³/mol. The van der Waals surface area contributed by atoms with Crippen LogP contribution in [0.2, 0.25) is 0 Å². The van der Waals surface area contributed by atoms with E-state index in [1.807, 2.05) is 12.1 Å². The zero-order chi connectivity index (χ0) is 25.7. The number of nitrogens with zero attached hydrogens (tertiary/aromatic N) is 4. The van der Waals surface area contributed by atoms with Crippen LogP contribution in [0.25, 0.3) is 0 Å². The third kappa shape index (κ3) is 5.83. The molecule has 0 atom stereocenters. The summed E-state index contributed by atoms with van der Waals surface area (Å²) in [4.78, 5) is 23.9. The highest BCUT2D eigenvalue weighted by molar-refractivity contribution is 5.99. The van der Waals surface area contributed by atoms with Gasteiger partial charge in [0.1, 0.15) is 0 Å². The number of likely N-dealkylation sites (N-methyl/N-ethyl adjacent to an activating group) is 1. The maximum atomic E-state index is 15.3. The molecule has 0 spiro atoms. The molecule has 1 aliphatic heterocycles. The van der Waals surface area contributed by atoms with Crippen LogP contribution in [-0.2, 0) is 10.7 Å². The number of halogens is 3. The highest BCUT2D eigenvalue weighted by Gasteiger charge is 2.39. The summed E-state index contributed by atoms with van der Waals surface area (Å²) in [5.41, 5.74) is 0.222. The lowest BCUT2D eigenvalue weighted by Crippen LogP contribution is -2.44. The van der Waals surface area contributed by atoms with Crippen molar-refractivity contribution in [2.45, 2.75) is 12.8 Å². The Kier molecular flexibility index (Phi) is 7.54. The van der Waals surface area contributed by atoms with E-state index in [4.69, 9.17) is 0 Å². The van der Waals surface area contributed by atoms with Gasteiger partial charge in [-0.25, -0.2) is 14.4 Å². The summed E-state index contributed by atoms with van der Waals surface area (Å²) in [5, 5.41) is 5.36. The summed E-state index contributed by atoms with van der Waals surface area (Å²) < 4.78 is 45.1. The molecule has 0 saturated carbocycles. The lowest BCUT2D eigenvalue weighted by atomic mass is 10.0. The Labute approximate surface area is 207 Å². The quantitative estimate of drug-likeness (QED) is 0.460. The average molecular weight is 497 g/mol. The smallest absolute Gasteiger partial charge is 0.318 e. The fraction of sp³-hybridized carbons (Fsp3) is 0.269. The third-order valence-electron chi connectivity index (χ3n) is 5.84. The molecule has 0 bridgehead atoms. The van der Waals surface area contributed by atoms with Gasteiger partial charge in [0, 0.05) is 48.8 Å². The molecule has 4 rings (SSSR count). The van der Waals surface area contributed by atoms with Crippen molar-refractivity contribution in [1.82, 2.24) is 14.9 Å². The first kappa shape index (κ1) is 25.2. The molecule has 1 aromatic heterocycles. The van der Waals surface area contributed by atoms with Crippen molar-refractivity contribution in [3.05, 3.63) is 84.0 Å². The van der Waals surface area contributed by atoms with Crippen LogP contribution in [0, 0.1) is 5.82 Å². The summed E-state index contributed by atoms with van der Waals surface area (Å²) in [6.07, 6.45) is 3.51. The van der Waals surface area contributed by atoms with Gasteiger partial charge in [0.15, 0.2) is 11.5 Å². The molecule has 3 aromatic rings. The summed E-state index contributed by atoms with van der Waals surface area (Å²) in [5.74, 6) is -5.62. The third-order valence-corrected chi connectivity index (χ3v) is 5.84. The second-order valence-corrected chi connectivity index (χ2v) is 8.50. The van der Waals surface area contributed by atoms with Gasteiger partial charge in [-0.1, -0.05) is 18.2 Å². The van der Waals surface area contributed by atoms with Crippen LogP contribution in [0.5, 0.6) is 0 Å². The second-order valence-electron chi connectivity index (χ2n) is 8.50. The lowest BCUT2D eigenvalue weighted by Gasteiger charge is -2.34. The number of hydrogen-bond donors (Lipinski definition) is 2. The fourth-order valence-electron chi connectivity index (χ4n) is 3.86. The van der Waals surface area contributed by atoms with Crippen molar-refractivity contribution in [1.29, 1.82) is 0 Å². The van der Waals surface area contributed by atoms with E-state index in [-0.39, 0.29) is 11.6 Å². The van der Waals surface area contributed by atoms with Crippen molar-refractivity contribution >= 4 is 28.9 Å². The molecule has 1 saturated heterocycles. The van der Waals surface area contributed by atoms with E-state index >= 15 is 8.78 Å². The number of carbonyl (C=O) groups excluding carboxylic acids is 1. The number of benzene rings is 2. The molecular weight excluding hydrogens is 469 g/mol. The Morgan fingerprint density at radius 2 is 1.78 bits per heavy atom. The van der Waals surface area contributed by atoms with Gasteiger partial charge in [-0.15, -0.1) is 0 Å². The first-order chi connectivity index (χ1) is 17.3. The number of allylic oxidation sites excluding steroid dienone is 1. The van der Waals surface area contributed by atoms with Crippen molar-refractivity contribution in [3.63, 3.8) is 0 Å². The van der Waals surface area contributed by atoms with Gasteiger partial charge >= 0.3 is 5.92 Å². The van der Waals surface area contributed by atoms with Gasteiger partial charge in [0.2, 0.25) is 11.9 Å². The highest BCUT2D eigenvalue weighted by Crippen LogP contribution is 2.37. The molecule has 1 aliphatic rings. The standard InChI is InChI=1S/C26H27F3N6O/c1-3-5-23(36)31-20-7-4-6-18(16-20)26(28,29)24-22(27)17-30-25(33-24)32-19-8-10-21(11-9-19)35-14-12-34(2)13-15-35/h3-11,16-17H,12-15H2,1-2H3,(H,31,36)(H,30,32,33). The zero-order valence-corrected chi connectivity index (χ0v) is 20.0. The second kappa shape index (κ2) is 10.8. The van der Waals surface area contributed by atoms with Crippen LogP contribution < -0.4 is 15.5 Å². The summed E-state index contributed by atoms with van der Waals surface area (Å²) in [7, 11) is 2.09. The van der Waals surface area contributed by atoms with Gasteiger partial charge in [-0.2, -0.15) is 8.78 Å². The van der Waals surface area contributed by atoms with Crippen molar-refractivity contribution < 1.29 is 18.0 Å². The monoisotopic (exact) mass is 496 g/mol. The summed E-state index contributed by atoms with van der Waals surface area (Å²) >= 11 is 0. The van der Waals surface area contributed by atoms with Crippen LogP contribution in [0.1, 0.15) is 18.2 Å². The maximum Gasteiger partial charge on any atom is 0.318 e. The molecule has 2 N–H and O–H groups in total. The molecule has 0 unspecified atom stereocenters. The predicted octanol–water partition coefficient (Wildman–Crippen LogP) is 4.77. The number of hydrogen-bond acceptors (Lipinski definition) is 6. The number of aromatic nitrogens is 2. The first-order valence-electron chi connectivity index (χ1n) is 11.5. The molecule has 1 fully saturated rings. The topological polar surface area (TPSA) is 73.4 Å². The Morgan fingerprint density at radius 1 is 1.06 bits per heavy atom. The number of amides is 1. The van der Waals surface area contributed by atoms with Crippen LogP contribution in [0.15, 0.2) is 66.9 Å². The minimum absolute atomic E-state index is 0.156. The molecule has 2 heterocycles. The molecule has 1 amide bonds. The van der Waals surface area contributed by atoms with Crippen molar-refractivity contribution in [2.24, 2.45) is 0 Å². The minimum atomic E-state index is -3.77. The molecule has 36 heavy (non-hydrogen) atoms. The molecular formula is C26H27F3N6O. The minimum Gasteiger partial charge on any atom is -0.369 e. The average Bonchev–Trinajstić information content (AvgIpc) is 2.86. The molecule has 2 aromatic carbocycles. The first-order valence-corrected chi connectivity index (χ1v) is 11.5. The Morgan fingerprint density at radius 3 is 2.47 bits per heavy atom. The fourth-order valence-corrected chi connectivity index (χ4v) is 3.86. The lowest BCUT2D eigenvalue weighted by molar-refractivity contribution is -0.111.